The van der Waals surface area contributed by atoms with Crippen molar-refractivity contribution in [1.29, 1.82) is 0 Å². The van der Waals surface area contributed by atoms with Gasteiger partial charge in [0.15, 0.2) is 5.69 Å². The number of esters is 2. The molecule has 134 valence electrons. The van der Waals surface area contributed by atoms with E-state index in [1.165, 1.54) is 6.07 Å². The monoisotopic (exact) mass is 348 g/mol. The lowest BCUT2D eigenvalue weighted by Crippen LogP contribution is -2.39. The zero-order chi connectivity index (χ0) is 18.4. The molecule has 25 heavy (non-hydrogen) atoms. The summed E-state index contributed by atoms with van der Waals surface area (Å²) in [6.07, 6.45) is 0.178. The number of carbonyl (C=O) groups is 2. The minimum Gasteiger partial charge on any atom is -0.618 e. The number of nitrogens with zero attached hydrogens (tertiary/aromatic N) is 2. The second-order valence-corrected chi connectivity index (χ2v) is 5.02. The van der Waals surface area contributed by atoms with Gasteiger partial charge in [0, 0.05) is 6.42 Å². The Morgan fingerprint density at radius 3 is 2.56 bits per heavy atom. The fourth-order valence-corrected chi connectivity index (χ4v) is 2.20. The topological polar surface area (TPSA) is 102 Å². The molecule has 0 atom stereocenters. The molecular weight excluding hydrogens is 328 g/mol. The van der Waals surface area contributed by atoms with Crippen LogP contribution in [-0.4, -0.2) is 30.1 Å². The number of carbonyl (C=O) groups excluding carboxylic acids is 2. The number of benzene rings is 1. The molecule has 0 unspecified atom stereocenters. The van der Waals surface area contributed by atoms with Gasteiger partial charge in [-0.3, -0.25) is 4.79 Å². The van der Waals surface area contributed by atoms with Gasteiger partial charge >= 0.3 is 17.6 Å². The predicted octanol–water partition coefficient (Wildman–Crippen LogP) is 1.90. The maximum absolute atomic E-state index is 12.7. The molecule has 8 nitrogen and oxygen atoms in total. The SMILES string of the molecule is CCOC(=O)c1c(COC(=O)CC)nc2ccc(OCC)cc2[n+]1[O-]. The number of aromatic nitrogens is 2. The van der Waals surface area contributed by atoms with Crippen molar-refractivity contribution < 1.29 is 28.5 Å². The Bertz CT molecular complexity index is 790. The second kappa shape index (κ2) is 8.27. The molecule has 8 heteroatoms. The number of hydrogen-bond acceptors (Lipinski definition) is 7. The van der Waals surface area contributed by atoms with Crippen LogP contribution < -0.4 is 9.47 Å². The third-order valence-electron chi connectivity index (χ3n) is 3.34. The second-order valence-electron chi connectivity index (χ2n) is 5.02. The van der Waals surface area contributed by atoms with Gasteiger partial charge in [-0.15, -0.1) is 0 Å². The number of ether oxygens (including phenoxy) is 3. The molecule has 1 aromatic carbocycles. The van der Waals surface area contributed by atoms with Gasteiger partial charge in [-0.2, -0.15) is 4.73 Å². The van der Waals surface area contributed by atoms with Crippen LogP contribution >= 0.6 is 0 Å². The van der Waals surface area contributed by atoms with Crippen LogP contribution in [0.15, 0.2) is 18.2 Å². The Balaban J connectivity index is 2.56. The van der Waals surface area contributed by atoms with Gasteiger partial charge in [-0.05, 0) is 26.0 Å². The molecule has 1 heterocycles. The molecule has 2 rings (SSSR count). The van der Waals surface area contributed by atoms with E-state index in [1.807, 2.05) is 6.92 Å². The van der Waals surface area contributed by atoms with E-state index in [-0.39, 0.29) is 36.5 Å². The van der Waals surface area contributed by atoms with Gasteiger partial charge in [0.2, 0.25) is 5.52 Å². The first kappa shape index (κ1) is 18.4. The average Bonchev–Trinajstić information content (AvgIpc) is 2.60. The standard InChI is InChI=1S/C17H20N2O6/c1-4-15(20)25-10-13-16(17(21)24-6-3)19(22)14-9-11(23-5-2)7-8-12(14)18-13/h7-9H,4-6,10H2,1-3H3. The van der Waals surface area contributed by atoms with Crippen LogP contribution in [-0.2, 0) is 20.9 Å². The van der Waals surface area contributed by atoms with Crippen LogP contribution in [0.1, 0.15) is 43.4 Å². The van der Waals surface area contributed by atoms with E-state index in [1.54, 1.807) is 26.0 Å². The van der Waals surface area contributed by atoms with E-state index in [4.69, 9.17) is 14.2 Å². The highest BCUT2D eigenvalue weighted by molar-refractivity contribution is 5.88. The van der Waals surface area contributed by atoms with Crippen molar-refractivity contribution in [3.63, 3.8) is 0 Å². The molecule has 0 bridgehead atoms. The maximum Gasteiger partial charge on any atom is 0.407 e. The van der Waals surface area contributed by atoms with Crippen LogP contribution in [0.3, 0.4) is 0 Å². The molecule has 0 saturated heterocycles. The molecule has 0 amide bonds. The summed E-state index contributed by atoms with van der Waals surface area (Å²) in [4.78, 5) is 27.9. The molecule has 0 spiro atoms. The van der Waals surface area contributed by atoms with Gasteiger partial charge in [0.25, 0.3) is 0 Å². The van der Waals surface area contributed by atoms with E-state index in [9.17, 15) is 14.8 Å². The average molecular weight is 348 g/mol. The lowest BCUT2D eigenvalue weighted by atomic mass is 10.2. The van der Waals surface area contributed by atoms with Crippen molar-refractivity contribution in [3.8, 4) is 5.75 Å². The minimum atomic E-state index is -0.823. The Morgan fingerprint density at radius 1 is 1.16 bits per heavy atom. The molecule has 1 aromatic heterocycles. The smallest absolute Gasteiger partial charge is 0.407 e. The van der Waals surface area contributed by atoms with Gasteiger partial charge in [0.1, 0.15) is 17.9 Å². The molecule has 0 saturated carbocycles. The molecular formula is C17H20N2O6. The normalized spacial score (nSPS) is 10.5. The highest BCUT2D eigenvalue weighted by Crippen LogP contribution is 2.19. The van der Waals surface area contributed by atoms with Crippen molar-refractivity contribution in [3.05, 3.63) is 34.8 Å². The van der Waals surface area contributed by atoms with Gasteiger partial charge in [-0.1, -0.05) is 6.92 Å². The summed E-state index contributed by atoms with van der Waals surface area (Å²) in [5.41, 5.74) is 0.271. The van der Waals surface area contributed by atoms with Gasteiger partial charge in [0.05, 0.1) is 19.3 Å². The van der Waals surface area contributed by atoms with E-state index in [0.29, 0.717) is 22.6 Å². The quantitative estimate of drug-likeness (QED) is 0.428. The lowest BCUT2D eigenvalue weighted by Gasteiger charge is -2.12. The maximum atomic E-state index is 12.7. The number of hydrogen-bond donors (Lipinski definition) is 0. The molecule has 0 N–H and O–H groups in total. The van der Waals surface area contributed by atoms with E-state index >= 15 is 0 Å². The molecule has 0 aliphatic rings. The van der Waals surface area contributed by atoms with Crippen LogP contribution in [0.5, 0.6) is 5.75 Å². The molecule has 0 radical (unpaired) electrons. The first-order valence-corrected chi connectivity index (χ1v) is 8.03. The van der Waals surface area contributed by atoms with Crippen molar-refractivity contribution in [1.82, 2.24) is 4.98 Å². The van der Waals surface area contributed by atoms with E-state index in [2.05, 4.69) is 4.98 Å². The summed E-state index contributed by atoms with van der Waals surface area (Å²) in [6, 6.07) is 4.78. The lowest BCUT2D eigenvalue weighted by molar-refractivity contribution is -0.581. The zero-order valence-electron chi connectivity index (χ0n) is 14.4. The third kappa shape index (κ3) is 4.14. The highest BCUT2D eigenvalue weighted by Gasteiger charge is 2.28. The zero-order valence-corrected chi connectivity index (χ0v) is 14.4. The fourth-order valence-electron chi connectivity index (χ4n) is 2.20. The Kier molecular flexibility index (Phi) is 6.10. The third-order valence-corrected chi connectivity index (χ3v) is 3.34. The van der Waals surface area contributed by atoms with Gasteiger partial charge < -0.3 is 19.4 Å². The summed E-state index contributed by atoms with van der Waals surface area (Å²) in [6.45, 7) is 5.35. The summed E-state index contributed by atoms with van der Waals surface area (Å²) in [7, 11) is 0. The Hall–Kier alpha value is -2.90. The summed E-state index contributed by atoms with van der Waals surface area (Å²) >= 11 is 0. The summed E-state index contributed by atoms with van der Waals surface area (Å²) in [5, 5.41) is 12.7. The van der Waals surface area contributed by atoms with Crippen molar-refractivity contribution in [2.24, 2.45) is 0 Å². The first-order valence-electron chi connectivity index (χ1n) is 8.03. The summed E-state index contributed by atoms with van der Waals surface area (Å²) < 4.78 is 15.8. The molecule has 0 fully saturated rings. The van der Waals surface area contributed by atoms with Gasteiger partial charge in [-0.25, -0.2) is 9.78 Å². The van der Waals surface area contributed by atoms with Crippen LogP contribution in [0.4, 0.5) is 0 Å². The Morgan fingerprint density at radius 2 is 1.92 bits per heavy atom. The first-order chi connectivity index (χ1) is 12.0. The molecule has 0 aliphatic heterocycles. The van der Waals surface area contributed by atoms with Crippen LogP contribution in [0.25, 0.3) is 11.0 Å². The van der Waals surface area contributed by atoms with Crippen molar-refractivity contribution in [2.75, 3.05) is 13.2 Å². The Labute approximate surface area is 144 Å². The minimum absolute atomic E-state index is 0.0481. The van der Waals surface area contributed by atoms with E-state index in [0.717, 1.165) is 0 Å². The fraction of sp³-hybridized carbons (Fsp3) is 0.412. The molecule has 2 aromatic rings. The predicted molar refractivity (Wildman–Crippen MR) is 87.9 cm³/mol. The summed E-state index contributed by atoms with van der Waals surface area (Å²) in [5.74, 6) is -0.793. The van der Waals surface area contributed by atoms with E-state index < -0.39 is 11.9 Å². The van der Waals surface area contributed by atoms with Crippen molar-refractivity contribution in [2.45, 2.75) is 33.8 Å². The molecule has 0 aliphatic carbocycles. The van der Waals surface area contributed by atoms with Crippen molar-refractivity contribution >= 4 is 23.0 Å². The highest BCUT2D eigenvalue weighted by atomic mass is 16.5. The number of rotatable bonds is 7. The largest absolute Gasteiger partial charge is 0.618 e. The van der Waals surface area contributed by atoms with Crippen LogP contribution in [0, 0.1) is 5.21 Å². The van der Waals surface area contributed by atoms with Crippen LogP contribution in [0.2, 0.25) is 0 Å². The number of fused-ring (bicyclic) bond motifs is 1.